The van der Waals surface area contributed by atoms with Gasteiger partial charge in [0, 0.05) is 24.5 Å². The topological polar surface area (TPSA) is 23.5 Å². The molecule has 1 saturated heterocycles. The largest absolute Gasteiger partial charge is 0.391 e. The van der Waals surface area contributed by atoms with Crippen LogP contribution in [-0.2, 0) is 0 Å². The monoisotopic (exact) mass is 155 g/mol. The maximum atomic E-state index is 9.70. The minimum Gasteiger partial charge on any atom is -0.391 e. The molecule has 11 heavy (non-hydrogen) atoms. The van der Waals surface area contributed by atoms with Gasteiger partial charge in [-0.05, 0) is 26.7 Å². The minimum atomic E-state index is -0.0371. The van der Waals surface area contributed by atoms with Crippen molar-refractivity contribution in [3.05, 3.63) is 0 Å². The summed E-state index contributed by atoms with van der Waals surface area (Å²) in [6, 6.07) is 0.602. The molecule has 0 bridgehead atoms. The number of rotatable bonds is 1. The number of β-amino-alcohol motifs (C(OH)–C–C–N with tert-alkyl or cyclic N) is 1. The maximum Gasteiger partial charge on any atom is 0.0735 e. The van der Waals surface area contributed by atoms with Crippen LogP contribution in [0.3, 0.4) is 0 Å². The van der Waals surface area contributed by atoms with E-state index in [0.717, 1.165) is 13.1 Å². The van der Waals surface area contributed by atoms with Crippen LogP contribution >= 0.6 is 0 Å². The van der Waals surface area contributed by atoms with E-state index in [4.69, 9.17) is 0 Å². The van der Waals surface area contributed by atoms with Gasteiger partial charge in [-0.15, -0.1) is 0 Å². The standard InChI is InChI=1S/C9H17NO/c1-7(2)10-5-8(11)9(6-10)3-4-9/h7-8,11H,3-6H2,1-2H3/t8-/m0/s1. The highest BCUT2D eigenvalue weighted by Crippen LogP contribution is 2.52. The fraction of sp³-hybridized carbons (Fsp3) is 1.00. The van der Waals surface area contributed by atoms with E-state index in [-0.39, 0.29) is 6.10 Å². The van der Waals surface area contributed by atoms with Crippen molar-refractivity contribution in [2.75, 3.05) is 13.1 Å². The third-order valence-electron chi connectivity index (χ3n) is 3.25. The Bertz CT molecular complexity index is 163. The van der Waals surface area contributed by atoms with E-state index in [0.29, 0.717) is 11.5 Å². The second kappa shape index (κ2) is 2.20. The van der Waals surface area contributed by atoms with Gasteiger partial charge < -0.3 is 5.11 Å². The number of aliphatic hydroxyl groups is 1. The van der Waals surface area contributed by atoms with Gasteiger partial charge in [0.05, 0.1) is 6.10 Å². The molecule has 2 fully saturated rings. The summed E-state index contributed by atoms with van der Waals surface area (Å²) in [5.74, 6) is 0. The zero-order chi connectivity index (χ0) is 8.06. The summed E-state index contributed by atoms with van der Waals surface area (Å²) in [4.78, 5) is 2.39. The molecule has 1 heterocycles. The fourth-order valence-electron chi connectivity index (χ4n) is 2.04. The van der Waals surface area contributed by atoms with Crippen LogP contribution in [-0.4, -0.2) is 35.2 Å². The van der Waals surface area contributed by atoms with Gasteiger partial charge in [-0.1, -0.05) is 0 Å². The summed E-state index contributed by atoms with van der Waals surface area (Å²) in [7, 11) is 0. The van der Waals surface area contributed by atoms with Crippen molar-refractivity contribution in [1.29, 1.82) is 0 Å². The van der Waals surface area contributed by atoms with Crippen molar-refractivity contribution in [2.24, 2.45) is 5.41 Å². The quantitative estimate of drug-likeness (QED) is 0.607. The zero-order valence-electron chi connectivity index (χ0n) is 7.38. The second-order valence-corrected chi connectivity index (χ2v) is 4.40. The van der Waals surface area contributed by atoms with E-state index in [1.807, 2.05) is 0 Å². The van der Waals surface area contributed by atoms with E-state index in [9.17, 15) is 5.11 Å². The molecule has 2 aliphatic rings. The number of nitrogens with zero attached hydrogens (tertiary/aromatic N) is 1. The molecule has 1 atom stereocenters. The molecule has 0 aromatic heterocycles. The van der Waals surface area contributed by atoms with Crippen molar-refractivity contribution in [2.45, 2.75) is 38.8 Å². The number of aliphatic hydroxyl groups excluding tert-OH is 1. The van der Waals surface area contributed by atoms with Crippen LogP contribution in [0.1, 0.15) is 26.7 Å². The predicted molar refractivity (Wildman–Crippen MR) is 44.4 cm³/mol. The molecule has 0 aromatic carbocycles. The van der Waals surface area contributed by atoms with Crippen LogP contribution in [0.2, 0.25) is 0 Å². The van der Waals surface area contributed by atoms with Crippen LogP contribution in [0.15, 0.2) is 0 Å². The van der Waals surface area contributed by atoms with Crippen molar-refractivity contribution >= 4 is 0 Å². The van der Waals surface area contributed by atoms with Gasteiger partial charge in [0.15, 0.2) is 0 Å². The Morgan fingerprint density at radius 2 is 2.09 bits per heavy atom. The summed E-state index contributed by atoms with van der Waals surface area (Å²) < 4.78 is 0. The number of likely N-dealkylation sites (tertiary alicyclic amines) is 1. The normalized spacial score (nSPS) is 35.5. The van der Waals surface area contributed by atoms with Crippen LogP contribution < -0.4 is 0 Å². The summed E-state index contributed by atoms with van der Waals surface area (Å²) in [5.41, 5.74) is 0.338. The van der Waals surface area contributed by atoms with E-state index in [1.165, 1.54) is 12.8 Å². The highest BCUT2D eigenvalue weighted by molar-refractivity contribution is 5.06. The minimum absolute atomic E-state index is 0.0371. The van der Waals surface area contributed by atoms with Crippen LogP contribution in [0.5, 0.6) is 0 Å². The lowest BCUT2D eigenvalue weighted by Crippen LogP contribution is -2.29. The Hall–Kier alpha value is -0.0800. The molecule has 0 aromatic rings. The Labute approximate surface area is 68.2 Å². The predicted octanol–water partition coefficient (Wildman–Crippen LogP) is 0.852. The molecular weight excluding hydrogens is 138 g/mol. The summed E-state index contributed by atoms with van der Waals surface area (Å²) >= 11 is 0. The Morgan fingerprint density at radius 3 is 2.36 bits per heavy atom. The fourth-order valence-corrected chi connectivity index (χ4v) is 2.04. The van der Waals surface area contributed by atoms with E-state index >= 15 is 0 Å². The third kappa shape index (κ3) is 1.09. The molecule has 64 valence electrons. The van der Waals surface area contributed by atoms with Crippen molar-refractivity contribution in [3.8, 4) is 0 Å². The first-order valence-corrected chi connectivity index (χ1v) is 4.56. The molecule has 1 aliphatic carbocycles. The highest BCUT2D eigenvalue weighted by atomic mass is 16.3. The van der Waals surface area contributed by atoms with Gasteiger partial charge in [-0.2, -0.15) is 0 Å². The lowest BCUT2D eigenvalue weighted by atomic mass is 10.0. The van der Waals surface area contributed by atoms with Gasteiger partial charge in [-0.3, -0.25) is 4.90 Å². The molecular formula is C9H17NO. The molecule has 0 amide bonds. The Balaban J connectivity index is 2.01. The molecule has 0 unspecified atom stereocenters. The third-order valence-corrected chi connectivity index (χ3v) is 3.25. The molecule has 0 radical (unpaired) electrons. The molecule has 2 nitrogen and oxygen atoms in total. The maximum absolute atomic E-state index is 9.70. The van der Waals surface area contributed by atoms with Gasteiger partial charge in [-0.25, -0.2) is 0 Å². The van der Waals surface area contributed by atoms with Crippen LogP contribution in [0.4, 0.5) is 0 Å². The average molecular weight is 155 g/mol. The van der Waals surface area contributed by atoms with Gasteiger partial charge in [0.1, 0.15) is 0 Å². The molecule has 1 N–H and O–H groups in total. The summed E-state index contributed by atoms with van der Waals surface area (Å²) in [5, 5.41) is 9.70. The van der Waals surface area contributed by atoms with E-state index in [1.54, 1.807) is 0 Å². The first-order valence-electron chi connectivity index (χ1n) is 4.56. The molecule has 2 heteroatoms. The zero-order valence-corrected chi connectivity index (χ0v) is 7.38. The van der Waals surface area contributed by atoms with Gasteiger partial charge in [0.2, 0.25) is 0 Å². The number of hydrogen-bond donors (Lipinski definition) is 1. The van der Waals surface area contributed by atoms with Crippen molar-refractivity contribution < 1.29 is 5.11 Å². The molecule has 1 saturated carbocycles. The van der Waals surface area contributed by atoms with Crippen LogP contribution in [0.25, 0.3) is 0 Å². The summed E-state index contributed by atoms with van der Waals surface area (Å²) in [6.45, 7) is 6.44. The SMILES string of the molecule is CC(C)N1C[C@H](O)C2(CC2)C1. The lowest BCUT2D eigenvalue weighted by molar-refractivity contribution is 0.129. The van der Waals surface area contributed by atoms with Crippen molar-refractivity contribution in [3.63, 3.8) is 0 Å². The Kier molecular flexibility index (Phi) is 1.52. The van der Waals surface area contributed by atoms with Gasteiger partial charge in [0.25, 0.3) is 0 Å². The van der Waals surface area contributed by atoms with Crippen LogP contribution in [0, 0.1) is 5.41 Å². The average Bonchev–Trinajstić information content (AvgIpc) is 2.59. The van der Waals surface area contributed by atoms with E-state index < -0.39 is 0 Å². The first-order chi connectivity index (χ1) is 5.14. The smallest absolute Gasteiger partial charge is 0.0735 e. The van der Waals surface area contributed by atoms with E-state index in [2.05, 4.69) is 18.7 Å². The molecule has 2 rings (SSSR count). The van der Waals surface area contributed by atoms with Crippen molar-refractivity contribution in [1.82, 2.24) is 4.90 Å². The second-order valence-electron chi connectivity index (χ2n) is 4.40. The molecule has 1 aliphatic heterocycles. The number of hydrogen-bond acceptors (Lipinski definition) is 2. The lowest BCUT2D eigenvalue weighted by Gasteiger charge is -2.19. The molecule has 1 spiro atoms. The first kappa shape index (κ1) is 7.56. The Morgan fingerprint density at radius 1 is 1.45 bits per heavy atom. The summed E-state index contributed by atoms with van der Waals surface area (Å²) in [6.07, 6.45) is 2.46. The highest BCUT2D eigenvalue weighted by Gasteiger charge is 2.54. The van der Waals surface area contributed by atoms with Gasteiger partial charge >= 0.3 is 0 Å².